The Bertz CT molecular complexity index is 937. The van der Waals surface area contributed by atoms with E-state index in [2.05, 4.69) is 42.6 Å². The molecular formula is C21H28N4O2S. The monoisotopic (exact) mass is 400 g/mol. The van der Waals surface area contributed by atoms with Gasteiger partial charge in [0.2, 0.25) is 0 Å². The second-order valence-electron chi connectivity index (χ2n) is 7.87. The molecule has 6 nitrogen and oxygen atoms in total. The minimum Gasteiger partial charge on any atom is -0.355 e. The van der Waals surface area contributed by atoms with E-state index in [0.717, 1.165) is 42.0 Å². The van der Waals surface area contributed by atoms with Crippen LogP contribution in [0.2, 0.25) is 0 Å². The van der Waals surface area contributed by atoms with E-state index in [1.165, 1.54) is 5.56 Å². The van der Waals surface area contributed by atoms with E-state index >= 15 is 0 Å². The van der Waals surface area contributed by atoms with Gasteiger partial charge in [0.15, 0.2) is 0 Å². The Hall–Kier alpha value is -1.96. The zero-order valence-electron chi connectivity index (χ0n) is 16.6. The lowest BCUT2D eigenvalue weighted by Gasteiger charge is -2.23. The normalized spacial score (nSPS) is 21.3. The molecule has 3 heterocycles. The average molecular weight is 401 g/mol. The van der Waals surface area contributed by atoms with Gasteiger partial charge in [-0.15, -0.1) is 0 Å². The van der Waals surface area contributed by atoms with E-state index in [0.29, 0.717) is 26.2 Å². The number of nitrogens with one attached hydrogen (secondary N) is 1. The van der Waals surface area contributed by atoms with Crippen LogP contribution < -0.4 is 5.32 Å². The number of hydrogen-bond acceptors (Lipinski definition) is 4. The van der Waals surface area contributed by atoms with Gasteiger partial charge >= 0.3 is 0 Å². The van der Waals surface area contributed by atoms with Crippen LogP contribution >= 0.6 is 0 Å². The lowest BCUT2D eigenvalue weighted by molar-refractivity contribution is 0.395. The number of rotatable bonds is 5. The van der Waals surface area contributed by atoms with Crippen molar-refractivity contribution in [3.63, 3.8) is 0 Å². The summed E-state index contributed by atoms with van der Waals surface area (Å²) in [7, 11) is -3.33. The van der Waals surface area contributed by atoms with Gasteiger partial charge in [0.1, 0.15) is 0 Å². The minimum atomic E-state index is -3.33. The first kappa shape index (κ1) is 19.4. The molecule has 0 spiro atoms. The topological polar surface area (TPSA) is 65.5 Å². The molecule has 150 valence electrons. The highest BCUT2D eigenvalue weighted by Crippen LogP contribution is 2.31. The van der Waals surface area contributed by atoms with Crippen molar-refractivity contribution in [1.82, 2.24) is 13.6 Å². The standard InChI is InChI=1S/C21H28N4O2S/c1-16-5-7-19(8-6-16)23-20-13-17(2)22-21(14-20)18-9-12-25(15-18)28(26,27)24-10-3-4-11-24/h5-8,13-14,18H,3-4,9-12,15H2,1-2H3,(H,22,23). The van der Waals surface area contributed by atoms with Crippen molar-refractivity contribution in [2.24, 2.45) is 0 Å². The van der Waals surface area contributed by atoms with E-state index in [9.17, 15) is 8.42 Å². The molecule has 2 aromatic rings. The first-order valence-corrected chi connectivity index (χ1v) is 11.4. The molecule has 0 amide bonds. The lowest BCUT2D eigenvalue weighted by atomic mass is 10.0. The molecule has 0 bridgehead atoms. The maximum Gasteiger partial charge on any atom is 0.281 e. The van der Waals surface area contributed by atoms with Gasteiger partial charge in [0, 0.05) is 54.9 Å². The van der Waals surface area contributed by atoms with Crippen molar-refractivity contribution in [3.8, 4) is 0 Å². The molecule has 1 unspecified atom stereocenters. The van der Waals surface area contributed by atoms with Gasteiger partial charge in [0.25, 0.3) is 10.2 Å². The average Bonchev–Trinajstić information content (AvgIpc) is 3.36. The molecule has 4 rings (SSSR count). The molecule has 2 saturated heterocycles. The first-order valence-electron chi connectivity index (χ1n) is 9.99. The van der Waals surface area contributed by atoms with E-state index in [1.54, 1.807) is 8.61 Å². The van der Waals surface area contributed by atoms with Gasteiger partial charge < -0.3 is 5.32 Å². The number of hydrogen-bond donors (Lipinski definition) is 1. The predicted octanol–water partition coefficient (Wildman–Crippen LogP) is 3.57. The molecule has 2 aliphatic heterocycles. The number of nitrogens with zero attached hydrogens (tertiary/aromatic N) is 3. The largest absolute Gasteiger partial charge is 0.355 e. The van der Waals surface area contributed by atoms with Crippen molar-refractivity contribution >= 4 is 21.6 Å². The number of pyridine rings is 1. The molecular weight excluding hydrogens is 372 g/mol. The lowest BCUT2D eigenvalue weighted by Crippen LogP contribution is -2.41. The quantitative estimate of drug-likeness (QED) is 0.833. The molecule has 0 radical (unpaired) electrons. The van der Waals surface area contributed by atoms with E-state index in [1.807, 2.05) is 13.0 Å². The highest BCUT2D eigenvalue weighted by Gasteiger charge is 2.37. The second-order valence-corrected chi connectivity index (χ2v) is 9.80. The third-order valence-corrected chi connectivity index (χ3v) is 7.60. The molecule has 1 aromatic heterocycles. The van der Waals surface area contributed by atoms with Gasteiger partial charge in [-0.05, 0) is 57.4 Å². The fraction of sp³-hybridized carbons (Fsp3) is 0.476. The Morgan fingerprint density at radius 3 is 2.39 bits per heavy atom. The summed E-state index contributed by atoms with van der Waals surface area (Å²) >= 11 is 0. The maximum atomic E-state index is 12.8. The Balaban J connectivity index is 1.50. The second kappa shape index (κ2) is 7.81. The number of aryl methyl sites for hydroxylation is 2. The molecule has 28 heavy (non-hydrogen) atoms. The summed E-state index contributed by atoms with van der Waals surface area (Å²) in [5, 5.41) is 3.44. The van der Waals surface area contributed by atoms with Crippen molar-refractivity contribution in [2.45, 2.75) is 39.0 Å². The number of aromatic nitrogens is 1. The molecule has 2 aliphatic rings. The van der Waals surface area contributed by atoms with Gasteiger partial charge in [-0.25, -0.2) is 0 Å². The van der Waals surface area contributed by atoms with Crippen LogP contribution in [0.15, 0.2) is 36.4 Å². The van der Waals surface area contributed by atoms with Crippen molar-refractivity contribution in [2.75, 3.05) is 31.5 Å². The molecule has 2 fully saturated rings. The Morgan fingerprint density at radius 1 is 0.964 bits per heavy atom. The fourth-order valence-electron chi connectivity index (χ4n) is 4.04. The van der Waals surface area contributed by atoms with Crippen molar-refractivity contribution in [1.29, 1.82) is 0 Å². The highest BCUT2D eigenvalue weighted by molar-refractivity contribution is 7.86. The van der Waals surface area contributed by atoms with Crippen LogP contribution in [-0.2, 0) is 10.2 Å². The molecule has 0 aliphatic carbocycles. The fourth-order valence-corrected chi connectivity index (χ4v) is 5.79. The van der Waals surface area contributed by atoms with E-state index in [4.69, 9.17) is 4.98 Å². The van der Waals surface area contributed by atoms with Crippen LogP contribution in [-0.4, -0.2) is 48.2 Å². The van der Waals surface area contributed by atoms with Crippen LogP contribution in [0.1, 0.15) is 42.1 Å². The first-order chi connectivity index (χ1) is 13.4. The zero-order chi connectivity index (χ0) is 19.7. The van der Waals surface area contributed by atoms with Crippen LogP contribution in [0.3, 0.4) is 0 Å². The molecule has 1 aromatic carbocycles. The van der Waals surface area contributed by atoms with E-state index < -0.39 is 10.2 Å². The Kier molecular flexibility index (Phi) is 5.40. The van der Waals surface area contributed by atoms with Gasteiger partial charge in [-0.1, -0.05) is 17.7 Å². The third-order valence-electron chi connectivity index (χ3n) is 5.60. The molecule has 7 heteroatoms. The van der Waals surface area contributed by atoms with Crippen LogP contribution in [0.4, 0.5) is 11.4 Å². The van der Waals surface area contributed by atoms with Gasteiger partial charge in [0.05, 0.1) is 0 Å². The summed E-state index contributed by atoms with van der Waals surface area (Å²) in [4.78, 5) is 4.71. The Labute approximate surface area is 167 Å². The number of anilines is 2. The zero-order valence-corrected chi connectivity index (χ0v) is 17.4. The summed E-state index contributed by atoms with van der Waals surface area (Å²) in [5.41, 5.74) is 5.16. The van der Waals surface area contributed by atoms with Gasteiger partial charge in [-0.2, -0.15) is 17.0 Å². The molecule has 0 saturated carbocycles. The van der Waals surface area contributed by atoms with Crippen molar-refractivity contribution in [3.05, 3.63) is 53.3 Å². The van der Waals surface area contributed by atoms with Crippen LogP contribution in [0.5, 0.6) is 0 Å². The highest BCUT2D eigenvalue weighted by atomic mass is 32.2. The summed E-state index contributed by atoms with van der Waals surface area (Å²) in [5.74, 6) is 0.135. The molecule has 1 N–H and O–H groups in total. The van der Waals surface area contributed by atoms with Crippen LogP contribution in [0, 0.1) is 13.8 Å². The van der Waals surface area contributed by atoms with E-state index in [-0.39, 0.29) is 5.92 Å². The third kappa shape index (κ3) is 4.06. The smallest absolute Gasteiger partial charge is 0.281 e. The van der Waals surface area contributed by atoms with Gasteiger partial charge in [-0.3, -0.25) is 4.98 Å². The summed E-state index contributed by atoms with van der Waals surface area (Å²) in [6.45, 7) is 6.44. The summed E-state index contributed by atoms with van der Waals surface area (Å²) < 4.78 is 28.9. The summed E-state index contributed by atoms with van der Waals surface area (Å²) in [6, 6.07) is 12.4. The molecule has 1 atom stereocenters. The predicted molar refractivity (Wildman–Crippen MR) is 112 cm³/mol. The Morgan fingerprint density at radius 2 is 1.68 bits per heavy atom. The summed E-state index contributed by atoms with van der Waals surface area (Å²) in [6.07, 6.45) is 2.74. The SMILES string of the molecule is Cc1ccc(Nc2cc(C)nc(C3CCN(S(=O)(=O)N4CCCC4)C3)c2)cc1. The minimum absolute atomic E-state index is 0.135. The maximum absolute atomic E-state index is 12.8. The van der Waals surface area contributed by atoms with Crippen LogP contribution in [0.25, 0.3) is 0 Å². The van der Waals surface area contributed by atoms with Crippen molar-refractivity contribution < 1.29 is 8.42 Å². The number of benzene rings is 1.